The zero-order valence-electron chi connectivity index (χ0n) is 15.0. The average molecular weight is 372 g/mol. The number of aromatic carboxylic acids is 1. The molecular formula is C19H20N2O6. The van der Waals surface area contributed by atoms with E-state index in [1.807, 2.05) is 31.2 Å². The van der Waals surface area contributed by atoms with Crippen LogP contribution in [0.25, 0.3) is 0 Å². The van der Waals surface area contributed by atoms with Gasteiger partial charge < -0.3 is 15.2 Å². The fourth-order valence-electron chi connectivity index (χ4n) is 2.58. The summed E-state index contributed by atoms with van der Waals surface area (Å²) in [6, 6.07) is 10.7. The van der Waals surface area contributed by atoms with E-state index in [1.54, 1.807) is 7.11 Å². The summed E-state index contributed by atoms with van der Waals surface area (Å²) in [6.07, 6.45) is 0.722. The number of ether oxygens (including phenoxy) is 1. The van der Waals surface area contributed by atoms with Crippen LogP contribution < -0.4 is 10.1 Å². The lowest BCUT2D eigenvalue weighted by Crippen LogP contribution is -2.29. The van der Waals surface area contributed by atoms with Gasteiger partial charge in [0.25, 0.3) is 11.6 Å². The van der Waals surface area contributed by atoms with Crippen molar-refractivity contribution in [1.29, 1.82) is 0 Å². The number of amides is 1. The fraction of sp³-hybridized carbons (Fsp3) is 0.263. The van der Waals surface area contributed by atoms with Crippen LogP contribution in [0.2, 0.25) is 0 Å². The van der Waals surface area contributed by atoms with E-state index in [0.717, 1.165) is 35.9 Å². The second-order valence-electron chi connectivity index (χ2n) is 6.20. The molecule has 2 aromatic carbocycles. The molecule has 2 N–H and O–H groups in total. The standard InChI is InChI=1S/C19H20N2O6/c1-12(7-13-3-5-17(27-2)6-4-13)11-20-18(22)14-8-15(19(23)24)10-16(9-14)21(25)26/h3-6,8-10,12H,7,11H2,1-2H3,(H,20,22)(H,23,24). The number of carbonyl (C=O) groups excluding carboxylic acids is 1. The molecule has 8 nitrogen and oxygen atoms in total. The minimum Gasteiger partial charge on any atom is -0.497 e. The van der Waals surface area contributed by atoms with Crippen LogP contribution in [-0.4, -0.2) is 35.6 Å². The Morgan fingerprint density at radius 1 is 1.19 bits per heavy atom. The Morgan fingerprint density at radius 2 is 1.81 bits per heavy atom. The van der Waals surface area contributed by atoms with E-state index >= 15 is 0 Å². The van der Waals surface area contributed by atoms with Gasteiger partial charge in [-0.05, 0) is 36.1 Å². The highest BCUT2D eigenvalue weighted by atomic mass is 16.6. The van der Waals surface area contributed by atoms with E-state index in [9.17, 15) is 19.7 Å². The van der Waals surface area contributed by atoms with Gasteiger partial charge in [-0.3, -0.25) is 14.9 Å². The molecule has 0 bridgehead atoms. The molecule has 0 radical (unpaired) electrons. The van der Waals surface area contributed by atoms with Crippen LogP contribution in [0.15, 0.2) is 42.5 Å². The largest absolute Gasteiger partial charge is 0.497 e. The van der Waals surface area contributed by atoms with Gasteiger partial charge in [0, 0.05) is 24.2 Å². The Morgan fingerprint density at radius 3 is 2.37 bits per heavy atom. The van der Waals surface area contributed by atoms with E-state index in [0.29, 0.717) is 6.54 Å². The summed E-state index contributed by atoms with van der Waals surface area (Å²) in [4.78, 5) is 33.6. The van der Waals surface area contributed by atoms with Crippen molar-refractivity contribution in [3.05, 3.63) is 69.3 Å². The lowest BCUT2D eigenvalue weighted by Gasteiger charge is -2.13. The highest BCUT2D eigenvalue weighted by molar-refractivity contribution is 5.98. The van der Waals surface area contributed by atoms with Crippen LogP contribution in [0.4, 0.5) is 5.69 Å². The Kier molecular flexibility index (Phi) is 6.48. The minimum absolute atomic E-state index is 0.0572. The number of carboxylic acid groups (broad SMARTS) is 1. The van der Waals surface area contributed by atoms with E-state index in [-0.39, 0.29) is 17.0 Å². The molecule has 0 aliphatic carbocycles. The third-order valence-corrected chi connectivity index (χ3v) is 3.99. The van der Waals surface area contributed by atoms with Crippen molar-refractivity contribution in [3.63, 3.8) is 0 Å². The fourth-order valence-corrected chi connectivity index (χ4v) is 2.58. The molecule has 2 rings (SSSR count). The maximum absolute atomic E-state index is 12.3. The number of hydrogen-bond donors (Lipinski definition) is 2. The summed E-state index contributed by atoms with van der Waals surface area (Å²) in [6.45, 7) is 2.30. The van der Waals surface area contributed by atoms with Crippen LogP contribution in [0.1, 0.15) is 33.2 Å². The van der Waals surface area contributed by atoms with Gasteiger partial charge in [-0.25, -0.2) is 4.79 Å². The van der Waals surface area contributed by atoms with Gasteiger partial charge in [0.1, 0.15) is 5.75 Å². The van der Waals surface area contributed by atoms with Gasteiger partial charge in [-0.15, -0.1) is 0 Å². The van der Waals surface area contributed by atoms with Gasteiger partial charge >= 0.3 is 5.97 Å². The molecule has 1 atom stereocenters. The number of nitro groups is 1. The maximum atomic E-state index is 12.3. The van der Waals surface area contributed by atoms with Crippen molar-refractivity contribution in [2.75, 3.05) is 13.7 Å². The molecule has 0 heterocycles. The SMILES string of the molecule is COc1ccc(CC(C)CNC(=O)c2cc(C(=O)O)cc([N+](=O)[O-])c2)cc1. The normalized spacial score (nSPS) is 11.5. The lowest BCUT2D eigenvalue weighted by molar-refractivity contribution is -0.384. The van der Waals surface area contributed by atoms with Crippen LogP contribution in [-0.2, 0) is 6.42 Å². The number of rotatable bonds is 8. The van der Waals surface area contributed by atoms with Gasteiger partial charge in [-0.1, -0.05) is 19.1 Å². The summed E-state index contributed by atoms with van der Waals surface area (Å²) in [5.41, 5.74) is 0.284. The van der Waals surface area contributed by atoms with Gasteiger partial charge in [-0.2, -0.15) is 0 Å². The van der Waals surface area contributed by atoms with Crippen molar-refractivity contribution in [2.45, 2.75) is 13.3 Å². The number of nitro benzene ring substituents is 1. The Balaban J connectivity index is 2.01. The number of nitrogens with zero attached hydrogens (tertiary/aromatic N) is 1. The Bertz CT molecular complexity index is 816. The summed E-state index contributed by atoms with van der Waals surface area (Å²) < 4.78 is 5.11. The van der Waals surface area contributed by atoms with E-state index < -0.39 is 22.5 Å². The summed E-state index contributed by atoms with van der Waals surface area (Å²) in [5.74, 6) is -1.01. The topological polar surface area (TPSA) is 119 Å². The third-order valence-electron chi connectivity index (χ3n) is 3.99. The second kappa shape index (κ2) is 8.79. The molecular weight excluding hydrogens is 352 g/mol. The molecule has 2 aromatic rings. The average Bonchev–Trinajstić information content (AvgIpc) is 2.66. The van der Waals surface area contributed by atoms with E-state index in [2.05, 4.69) is 5.32 Å². The number of non-ortho nitro benzene ring substituents is 1. The first-order valence-electron chi connectivity index (χ1n) is 8.24. The maximum Gasteiger partial charge on any atom is 0.335 e. The summed E-state index contributed by atoms with van der Waals surface area (Å²) in [5, 5.41) is 22.7. The number of carboxylic acids is 1. The molecule has 0 saturated heterocycles. The first kappa shape index (κ1) is 19.9. The zero-order chi connectivity index (χ0) is 20.0. The summed E-state index contributed by atoms with van der Waals surface area (Å²) >= 11 is 0. The van der Waals surface area contributed by atoms with Gasteiger partial charge in [0.2, 0.25) is 0 Å². The predicted molar refractivity (Wildman–Crippen MR) is 98.3 cm³/mol. The monoisotopic (exact) mass is 372 g/mol. The van der Waals surface area contributed by atoms with Crippen molar-refractivity contribution in [2.24, 2.45) is 5.92 Å². The van der Waals surface area contributed by atoms with Crippen molar-refractivity contribution in [3.8, 4) is 5.75 Å². The molecule has 1 unspecified atom stereocenters. The first-order chi connectivity index (χ1) is 12.8. The molecule has 0 fully saturated rings. The predicted octanol–water partition coefficient (Wildman–Crippen LogP) is 2.91. The highest BCUT2D eigenvalue weighted by Crippen LogP contribution is 2.18. The van der Waals surface area contributed by atoms with Crippen LogP contribution in [0.3, 0.4) is 0 Å². The Hall–Kier alpha value is -3.42. The van der Waals surface area contributed by atoms with Gasteiger partial charge in [0.05, 0.1) is 17.6 Å². The number of methoxy groups -OCH3 is 1. The molecule has 8 heteroatoms. The molecule has 0 aromatic heterocycles. The smallest absolute Gasteiger partial charge is 0.335 e. The lowest BCUT2D eigenvalue weighted by atomic mass is 10.0. The molecule has 27 heavy (non-hydrogen) atoms. The molecule has 142 valence electrons. The van der Waals surface area contributed by atoms with E-state index in [1.165, 1.54) is 0 Å². The highest BCUT2D eigenvalue weighted by Gasteiger charge is 2.18. The van der Waals surface area contributed by atoms with Crippen LogP contribution in [0.5, 0.6) is 5.75 Å². The summed E-state index contributed by atoms with van der Waals surface area (Å²) in [7, 11) is 1.59. The molecule has 0 aliphatic rings. The van der Waals surface area contributed by atoms with Crippen molar-refractivity contribution in [1.82, 2.24) is 5.32 Å². The number of nitrogens with one attached hydrogen (secondary N) is 1. The van der Waals surface area contributed by atoms with Gasteiger partial charge in [0.15, 0.2) is 0 Å². The minimum atomic E-state index is -1.33. The zero-order valence-corrected chi connectivity index (χ0v) is 15.0. The third kappa shape index (κ3) is 5.53. The van der Waals surface area contributed by atoms with Crippen LogP contribution in [0, 0.1) is 16.0 Å². The first-order valence-corrected chi connectivity index (χ1v) is 8.24. The van der Waals surface area contributed by atoms with Crippen molar-refractivity contribution >= 4 is 17.6 Å². The number of carbonyl (C=O) groups is 2. The quantitative estimate of drug-likeness (QED) is 0.543. The number of benzene rings is 2. The molecule has 0 saturated carbocycles. The second-order valence-corrected chi connectivity index (χ2v) is 6.20. The van der Waals surface area contributed by atoms with Crippen molar-refractivity contribution < 1.29 is 24.4 Å². The molecule has 0 spiro atoms. The molecule has 1 amide bonds. The van der Waals surface area contributed by atoms with Crippen LogP contribution >= 0.6 is 0 Å². The van der Waals surface area contributed by atoms with E-state index in [4.69, 9.17) is 9.84 Å². The number of hydrogen-bond acceptors (Lipinski definition) is 5. The Labute approximate surface area is 155 Å². The molecule has 0 aliphatic heterocycles.